The smallest absolute Gasteiger partial charge is 0.326 e. The molecule has 2 aliphatic heterocycles. The number of phenolic OH excluding ortho intramolecular Hbond substituents is 1. The topological polar surface area (TPSA) is 371 Å². The van der Waals surface area contributed by atoms with Crippen LogP contribution in [0.15, 0.2) is 29.3 Å². The van der Waals surface area contributed by atoms with Crippen molar-refractivity contribution in [2.75, 3.05) is 26.2 Å². The Morgan fingerprint density at radius 3 is 1.77 bits per heavy atom. The molecular weight excluding hydrogens is 851 g/mol. The number of aromatic hydroxyl groups is 1. The molecular formula is C42H65N11O12. The van der Waals surface area contributed by atoms with Gasteiger partial charge < -0.3 is 68.9 Å². The predicted octanol–water partition coefficient (Wildman–Crippen LogP) is -2.39. The van der Waals surface area contributed by atoms with Crippen molar-refractivity contribution >= 4 is 59.2 Å². The molecule has 1 aromatic rings. The van der Waals surface area contributed by atoms with Crippen molar-refractivity contribution in [1.29, 1.82) is 0 Å². The second-order valence-corrected chi connectivity index (χ2v) is 17.0. The van der Waals surface area contributed by atoms with E-state index in [2.05, 4.69) is 31.6 Å². The number of guanidine groups is 1. The number of rotatable bonds is 24. The normalized spacial score (nSPS) is 18.1. The van der Waals surface area contributed by atoms with E-state index in [1.54, 1.807) is 26.0 Å². The number of nitrogens with zero attached hydrogens (tertiary/aromatic N) is 3. The number of amides is 7. The summed E-state index contributed by atoms with van der Waals surface area (Å²) >= 11 is 0. The summed E-state index contributed by atoms with van der Waals surface area (Å²) in [6, 6.07) is -2.94. The average Bonchev–Trinajstić information content (AvgIpc) is 3.94. The van der Waals surface area contributed by atoms with Crippen molar-refractivity contribution in [3.63, 3.8) is 0 Å². The van der Waals surface area contributed by atoms with E-state index in [0.717, 1.165) is 0 Å². The van der Waals surface area contributed by atoms with E-state index in [0.29, 0.717) is 24.8 Å². The summed E-state index contributed by atoms with van der Waals surface area (Å²) in [6.07, 6.45) is 0.740. The summed E-state index contributed by atoms with van der Waals surface area (Å²) < 4.78 is 0. The molecule has 360 valence electrons. The number of carbonyl (C=O) groups is 9. The lowest BCUT2D eigenvalue weighted by Gasteiger charge is -2.32. The summed E-state index contributed by atoms with van der Waals surface area (Å²) in [5, 5.41) is 41.7. The van der Waals surface area contributed by atoms with Gasteiger partial charge in [-0.1, -0.05) is 39.8 Å². The first-order chi connectivity index (χ1) is 30.6. The van der Waals surface area contributed by atoms with Crippen molar-refractivity contribution < 1.29 is 58.5 Å². The minimum absolute atomic E-state index is 0.0343. The van der Waals surface area contributed by atoms with Crippen LogP contribution in [-0.4, -0.2) is 153 Å². The third kappa shape index (κ3) is 16.2. The molecule has 65 heavy (non-hydrogen) atoms. The van der Waals surface area contributed by atoms with Gasteiger partial charge in [0.25, 0.3) is 0 Å². The van der Waals surface area contributed by atoms with Crippen LogP contribution in [0.3, 0.4) is 0 Å². The molecule has 2 aliphatic rings. The Balaban J connectivity index is 1.86. The van der Waals surface area contributed by atoms with Crippen molar-refractivity contribution in [2.24, 2.45) is 34.0 Å². The second-order valence-electron chi connectivity index (χ2n) is 17.0. The highest BCUT2D eigenvalue weighted by Gasteiger charge is 2.42. The van der Waals surface area contributed by atoms with Gasteiger partial charge in [-0.15, -0.1) is 0 Å². The number of carboxylic acid groups (broad SMARTS) is 2. The number of carboxylic acids is 2. The quantitative estimate of drug-likeness (QED) is 0.0293. The molecule has 7 atom stereocenters. The zero-order chi connectivity index (χ0) is 48.5. The molecule has 0 radical (unpaired) electrons. The number of phenols is 1. The van der Waals surface area contributed by atoms with Crippen LogP contribution in [0, 0.1) is 11.8 Å². The molecule has 23 heteroatoms. The lowest BCUT2D eigenvalue weighted by Crippen LogP contribution is -2.60. The zero-order valence-electron chi connectivity index (χ0n) is 37.3. The van der Waals surface area contributed by atoms with Crippen molar-refractivity contribution in [2.45, 2.75) is 128 Å². The zero-order valence-corrected chi connectivity index (χ0v) is 37.3. The van der Waals surface area contributed by atoms with E-state index < -0.39 is 108 Å². The molecule has 0 unspecified atom stereocenters. The second kappa shape index (κ2) is 25.1. The predicted molar refractivity (Wildman–Crippen MR) is 234 cm³/mol. The first kappa shape index (κ1) is 52.8. The fourth-order valence-corrected chi connectivity index (χ4v) is 7.75. The van der Waals surface area contributed by atoms with Gasteiger partial charge in [0, 0.05) is 26.1 Å². The molecule has 0 bridgehead atoms. The number of aliphatic imine (C=N–C) groups is 1. The molecule has 0 aliphatic carbocycles. The van der Waals surface area contributed by atoms with Crippen LogP contribution in [0.2, 0.25) is 0 Å². The lowest BCUT2D eigenvalue weighted by atomic mass is 10.0. The monoisotopic (exact) mass is 915 g/mol. The van der Waals surface area contributed by atoms with Crippen molar-refractivity contribution in [3.05, 3.63) is 29.8 Å². The number of aliphatic carboxylic acids is 2. The minimum Gasteiger partial charge on any atom is -0.508 e. The number of carbonyl (C=O) groups excluding carboxylic acids is 7. The third-order valence-corrected chi connectivity index (χ3v) is 11.0. The number of hydrogen-bond acceptors (Lipinski definition) is 12. The Morgan fingerprint density at radius 2 is 1.28 bits per heavy atom. The van der Waals surface area contributed by atoms with E-state index in [4.69, 9.17) is 17.2 Å². The Kier molecular flexibility index (Phi) is 20.4. The molecule has 23 nitrogen and oxygen atoms in total. The molecule has 0 saturated carbocycles. The summed E-state index contributed by atoms with van der Waals surface area (Å²) in [7, 11) is 0. The maximum Gasteiger partial charge on any atom is 0.326 e. The maximum absolute atomic E-state index is 14.6. The van der Waals surface area contributed by atoms with Gasteiger partial charge in [0.15, 0.2) is 5.96 Å². The molecule has 2 heterocycles. The molecule has 0 spiro atoms. The van der Waals surface area contributed by atoms with Gasteiger partial charge in [0.05, 0.1) is 13.0 Å². The molecule has 3 rings (SSSR count). The molecule has 0 aromatic heterocycles. The molecule has 2 saturated heterocycles. The highest BCUT2D eigenvalue weighted by molar-refractivity contribution is 5.98. The number of nitrogens with one attached hydrogen (secondary N) is 5. The highest BCUT2D eigenvalue weighted by atomic mass is 16.4. The van der Waals surface area contributed by atoms with E-state index in [1.807, 2.05) is 0 Å². The number of hydrogen-bond donors (Lipinski definition) is 11. The van der Waals surface area contributed by atoms with Gasteiger partial charge in [-0.05, 0) is 74.5 Å². The lowest BCUT2D eigenvalue weighted by molar-refractivity contribution is -0.145. The Morgan fingerprint density at radius 1 is 0.738 bits per heavy atom. The van der Waals surface area contributed by atoms with Crippen LogP contribution < -0.4 is 43.8 Å². The van der Waals surface area contributed by atoms with Gasteiger partial charge >= 0.3 is 11.9 Å². The average molecular weight is 916 g/mol. The number of benzene rings is 1. The molecule has 7 amide bonds. The Hall–Kier alpha value is -6.52. The van der Waals surface area contributed by atoms with Crippen LogP contribution in [-0.2, 0) is 49.6 Å². The Labute approximate surface area is 377 Å². The summed E-state index contributed by atoms with van der Waals surface area (Å²) in [5.74, 6) is -8.90. The van der Waals surface area contributed by atoms with Crippen LogP contribution in [0.4, 0.5) is 0 Å². The summed E-state index contributed by atoms with van der Waals surface area (Å²) in [5.41, 5.74) is 16.9. The highest BCUT2D eigenvalue weighted by Crippen LogP contribution is 2.24. The summed E-state index contributed by atoms with van der Waals surface area (Å²) in [4.78, 5) is 126. The Bertz CT molecular complexity index is 1910. The molecule has 1 aromatic carbocycles. The standard InChI is InChI=1S/C42H65N11O12/c1-22(2)18-27(35(58)48-28(20-33(56)57)36(59)51-34(23(3)4)41(64)65)49-37(60)30-9-7-17-53(30)40(63)29(19-24-11-13-25(54)14-12-24)50-38(61)31-10-6-16-52(31)39(62)26(47-32(55)21-43)8-5-15-46-42(44)45/h11-14,22-23,26-31,34,54H,5-10,15-21,43H2,1-4H3,(H,47,55)(H,48,58)(H,49,60)(H,50,61)(H,51,59)(H,56,57)(H,64,65)(H4,44,45,46)/t26-,27-,28-,29-,30-,31-,34-/m0/s1. The fourth-order valence-electron chi connectivity index (χ4n) is 7.75. The van der Waals surface area contributed by atoms with Gasteiger partial charge in [-0.3, -0.25) is 43.3 Å². The van der Waals surface area contributed by atoms with Crippen molar-refractivity contribution in [1.82, 2.24) is 36.4 Å². The van der Waals surface area contributed by atoms with E-state index in [1.165, 1.54) is 35.8 Å². The van der Waals surface area contributed by atoms with Gasteiger partial charge in [-0.2, -0.15) is 0 Å². The largest absolute Gasteiger partial charge is 0.508 e. The minimum atomic E-state index is -1.70. The van der Waals surface area contributed by atoms with Crippen LogP contribution in [0.1, 0.15) is 84.6 Å². The van der Waals surface area contributed by atoms with Crippen LogP contribution in [0.5, 0.6) is 5.75 Å². The first-order valence-electron chi connectivity index (χ1n) is 21.7. The third-order valence-electron chi connectivity index (χ3n) is 11.0. The van der Waals surface area contributed by atoms with Crippen molar-refractivity contribution in [3.8, 4) is 5.75 Å². The number of likely N-dealkylation sites (tertiary alicyclic amines) is 2. The maximum atomic E-state index is 14.6. The van der Waals surface area contributed by atoms with Gasteiger partial charge in [-0.25, -0.2) is 4.79 Å². The number of nitrogens with two attached hydrogens (primary N) is 3. The summed E-state index contributed by atoms with van der Waals surface area (Å²) in [6.45, 7) is 6.67. The SMILES string of the molecule is CC(C)C[C@H](NC(=O)[C@@H]1CCCN1C(=O)[C@H](Cc1ccc(O)cc1)NC(=O)[C@@H]1CCCN1C(=O)[C@H](CCCN=C(N)N)NC(=O)CN)C(=O)N[C@@H](CC(=O)O)C(=O)N[C@H](C(=O)O)C(C)C. The molecule has 2 fully saturated rings. The van der Waals surface area contributed by atoms with Crippen LogP contribution >= 0.6 is 0 Å². The van der Waals surface area contributed by atoms with Gasteiger partial charge in [0.2, 0.25) is 41.4 Å². The van der Waals surface area contributed by atoms with E-state index in [-0.39, 0.29) is 75.9 Å². The van der Waals surface area contributed by atoms with Crippen LogP contribution in [0.25, 0.3) is 0 Å². The van der Waals surface area contributed by atoms with Gasteiger partial charge in [0.1, 0.15) is 48.0 Å². The first-order valence-corrected chi connectivity index (χ1v) is 21.7. The van der Waals surface area contributed by atoms with E-state index in [9.17, 15) is 58.5 Å². The van der Waals surface area contributed by atoms with E-state index >= 15 is 0 Å². The fraction of sp³-hybridized carbons (Fsp3) is 0.619. The molecule has 14 N–H and O–H groups in total.